The van der Waals surface area contributed by atoms with Crippen molar-refractivity contribution in [2.75, 3.05) is 66.6 Å². The van der Waals surface area contributed by atoms with E-state index >= 15 is 0 Å². The first-order chi connectivity index (χ1) is 42.4. The first-order valence-electron chi connectivity index (χ1n) is 30.2. The Bertz CT molecular complexity index is 3300. The molecule has 27 heteroatoms. The maximum Gasteiger partial charge on any atom is 0.269 e. The van der Waals surface area contributed by atoms with Crippen LogP contribution in [0.1, 0.15) is 157 Å². The third-order valence-corrected chi connectivity index (χ3v) is 19.3. The lowest BCUT2D eigenvalue weighted by Crippen LogP contribution is -2.55. The summed E-state index contributed by atoms with van der Waals surface area (Å²) in [6.07, 6.45) is -2.00. The molecule has 6 aliphatic rings. The average molecular weight is 1350 g/mol. The number of carbonyl (C=O) groups excluding carboxylic acids is 8. The molecule has 1 unspecified atom stereocenters. The van der Waals surface area contributed by atoms with Gasteiger partial charge in [0.2, 0.25) is 29.4 Å². The molecule has 4 aliphatic heterocycles. The number of benzene rings is 2. The number of rotatable bonds is 23. The number of phenols is 2. The number of alkyl halides is 1. The van der Waals surface area contributed by atoms with E-state index in [0.29, 0.717) is 43.2 Å². The Morgan fingerprint density at radius 3 is 2.38 bits per heavy atom. The number of pyridine rings is 1. The summed E-state index contributed by atoms with van der Waals surface area (Å²) < 4.78 is 35.5. The predicted octanol–water partition coefficient (Wildman–Crippen LogP) is 2.81. The van der Waals surface area contributed by atoms with Crippen molar-refractivity contribution in [3.63, 3.8) is 0 Å². The van der Waals surface area contributed by atoms with Crippen LogP contribution in [0.25, 0.3) is 0 Å². The van der Waals surface area contributed by atoms with Crippen molar-refractivity contribution < 1.29 is 82.1 Å². The molecule has 1 aromatic heterocycles. The van der Waals surface area contributed by atoms with Crippen LogP contribution in [0.2, 0.25) is 0 Å². The van der Waals surface area contributed by atoms with Gasteiger partial charge < -0.3 is 75.2 Å². The number of amides is 6. The second-order valence-corrected chi connectivity index (χ2v) is 26.3. The number of nitrogens with one attached hydrogen (secondary N) is 5. The molecule has 4 fully saturated rings. The summed E-state index contributed by atoms with van der Waals surface area (Å²) in [7, 11) is 2.84. The number of likely N-dealkylation sites (tertiary alicyclic amines) is 1. The molecule has 9 rings (SSSR count). The van der Waals surface area contributed by atoms with Crippen LogP contribution in [0.3, 0.4) is 0 Å². The molecule has 480 valence electrons. The van der Waals surface area contributed by atoms with E-state index in [0.717, 1.165) is 19.3 Å². The summed E-state index contributed by atoms with van der Waals surface area (Å²) in [6.45, 7) is 9.94. The molecule has 0 bridgehead atoms. The Kier molecular flexibility index (Phi) is 21.0. The van der Waals surface area contributed by atoms with E-state index < -0.39 is 148 Å². The van der Waals surface area contributed by atoms with Gasteiger partial charge in [0.1, 0.15) is 46.8 Å². The summed E-state index contributed by atoms with van der Waals surface area (Å²) in [6, 6.07) is 8.41. The van der Waals surface area contributed by atoms with Crippen LogP contribution in [-0.2, 0) is 57.5 Å². The van der Waals surface area contributed by atoms with Gasteiger partial charge in [0.25, 0.3) is 11.8 Å². The quantitative estimate of drug-likeness (QED) is 0.0229. The molecule has 4 saturated heterocycles. The smallest absolute Gasteiger partial charge is 0.269 e. The van der Waals surface area contributed by atoms with Crippen LogP contribution in [0, 0.1) is 23.2 Å². The number of ether oxygens (including phenoxy) is 6. The number of aromatic nitrogens is 1. The molecule has 0 radical (unpaired) electrons. The topological polar surface area (TPSA) is 356 Å². The Morgan fingerprint density at radius 2 is 1.65 bits per heavy atom. The third kappa shape index (κ3) is 13.9. The van der Waals surface area contributed by atoms with Crippen molar-refractivity contribution in [2.24, 2.45) is 11.8 Å². The average Bonchev–Trinajstić information content (AvgIpc) is 1.29. The fourth-order valence-electron chi connectivity index (χ4n) is 12.9. The number of halogens is 1. The number of carbonyl (C=O) groups is 8. The van der Waals surface area contributed by atoms with Gasteiger partial charge in [-0.3, -0.25) is 43.3 Å². The van der Waals surface area contributed by atoms with E-state index in [1.807, 2.05) is 6.92 Å². The minimum atomic E-state index is -2.39. The normalized spacial score (nSPS) is 25.4. The predicted molar refractivity (Wildman–Crippen MR) is 323 cm³/mol. The molecule has 89 heavy (non-hydrogen) atoms. The highest BCUT2D eigenvalue weighted by molar-refractivity contribution is 14.1. The molecule has 0 spiro atoms. The lowest BCUT2D eigenvalue weighted by molar-refractivity contribution is -0.256. The number of nitriles is 1. The first-order valence-corrected chi connectivity index (χ1v) is 31.2. The summed E-state index contributed by atoms with van der Waals surface area (Å²) in [4.78, 5) is 116. The standard InChI is InChI=1S/C62H78IN9O17/c1-31(2)11-8-12-32(3)61(5,63)55-34(28-64)16-17-37(70-55)56(80)65-19-18-42(73)68-29-43(74)69-30-44(75)71-22-10-14-38(71)57(81)66-20-21-67-60(82)62(83)26-36-47(53(79)49-48(51(36)77)50(76)35-13-9-15-40(84-6)46(35)52(49)78)41(27-62)88-45-25-39-54(33(4)87-45)89-58-59(85-7)86-24-23-72(39)58/h9,13,15-17,31-33,38-39,41,45,54,58-59,77,79,83H,8,10-12,14,18-27,29-30H2,1-7H3,(H,65,80)(H,66,81)(H,67,82)(H,68,73)(H,69,74)/t32-,33+,38+,39+,41+,45+,54-,58-,59+,61?,62+/m1/s1. The van der Waals surface area contributed by atoms with Gasteiger partial charge >= 0.3 is 0 Å². The van der Waals surface area contributed by atoms with E-state index in [-0.39, 0.29) is 84.7 Å². The number of fused-ring (bicyclic) bond motifs is 6. The molecule has 11 atom stereocenters. The zero-order valence-electron chi connectivity index (χ0n) is 50.9. The van der Waals surface area contributed by atoms with Crippen molar-refractivity contribution in [3.05, 3.63) is 80.7 Å². The van der Waals surface area contributed by atoms with Crippen LogP contribution in [0.5, 0.6) is 17.2 Å². The Balaban J connectivity index is 0.771. The van der Waals surface area contributed by atoms with Crippen LogP contribution < -0.4 is 31.3 Å². The molecule has 8 N–H and O–H groups in total. The van der Waals surface area contributed by atoms with E-state index in [1.54, 1.807) is 13.0 Å². The molecule has 5 heterocycles. The van der Waals surface area contributed by atoms with Gasteiger partial charge in [0.05, 0.1) is 70.4 Å². The zero-order valence-corrected chi connectivity index (χ0v) is 53.1. The van der Waals surface area contributed by atoms with Gasteiger partial charge in [-0.2, -0.15) is 5.26 Å². The van der Waals surface area contributed by atoms with Crippen molar-refractivity contribution in [3.8, 4) is 23.3 Å². The monoisotopic (exact) mass is 1350 g/mol. The summed E-state index contributed by atoms with van der Waals surface area (Å²) >= 11 is 2.30. The van der Waals surface area contributed by atoms with Crippen molar-refractivity contribution in [2.45, 2.75) is 151 Å². The number of hydrogen-bond donors (Lipinski definition) is 8. The number of aromatic hydroxyl groups is 2. The minimum Gasteiger partial charge on any atom is -0.507 e. The Morgan fingerprint density at radius 1 is 0.910 bits per heavy atom. The van der Waals surface area contributed by atoms with Crippen LogP contribution in [-0.4, -0.2) is 192 Å². The molecule has 6 amide bonds. The minimum absolute atomic E-state index is 0.0644. The fourth-order valence-corrected chi connectivity index (χ4v) is 13.6. The van der Waals surface area contributed by atoms with Crippen LogP contribution >= 0.6 is 22.6 Å². The van der Waals surface area contributed by atoms with Crippen LogP contribution in [0.4, 0.5) is 0 Å². The van der Waals surface area contributed by atoms with Gasteiger partial charge in [-0.05, 0) is 63.1 Å². The number of phenolic OH excluding ortho intramolecular Hbond substituents is 2. The Labute approximate surface area is 528 Å². The first kappa shape index (κ1) is 66.5. The molecular weight excluding hydrogens is 1270 g/mol. The number of ketones is 2. The molecule has 26 nitrogen and oxygen atoms in total. The van der Waals surface area contributed by atoms with Gasteiger partial charge in [-0.1, -0.05) is 68.3 Å². The fraction of sp³-hybridized carbons (Fsp3) is 0.581. The summed E-state index contributed by atoms with van der Waals surface area (Å²) in [5, 5.41) is 59.5. The van der Waals surface area contributed by atoms with Crippen molar-refractivity contribution in [1.82, 2.24) is 41.4 Å². The van der Waals surface area contributed by atoms with Crippen LogP contribution in [0.15, 0.2) is 30.3 Å². The molecule has 2 aromatic carbocycles. The highest BCUT2D eigenvalue weighted by atomic mass is 127. The molecule has 0 saturated carbocycles. The van der Waals surface area contributed by atoms with Gasteiger partial charge in [0, 0.05) is 88.2 Å². The summed E-state index contributed by atoms with van der Waals surface area (Å²) in [5.74, 6) is -6.05. The maximum absolute atomic E-state index is 14.3. The van der Waals surface area contributed by atoms with E-state index in [4.69, 9.17) is 28.4 Å². The summed E-state index contributed by atoms with van der Waals surface area (Å²) in [5.41, 5.74) is -2.97. The number of hydrogen-bond acceptors (Lipinski definition) is 20. The highest BCUT2D eigenvalue weighted by Gasteiger charge is 2.55. The highest BCUT2D eigenvalue weighted by Crippen LogP contribution is 2.53. The molecule has 2 aliphatic carbocycles. The van der Waals surface area contributed by atoms with Gasteiger partial charge in [-0.15, -0.1) is 0 Å². The van der Waals surface area contributed by atoms with E-state index in [2.05, 4.69) is 85.9 Å². The molecule has 3 aromatic rings. The third-order valence-electron chi connectivity index (χ3n) is 17.8. The SMILES string of the molecule is COc1cccc2c1C(=O)c1c(O)c3c(c(O)c1C2=O)C[C@@](O)(C(=O)NCCNC(=O)[C@@H]1CCCN1C(=O)CNC(=O)CNC(=O)CCNC(=O)c1ccc(C#N)c(C(C)(I)[C@H](C)CCCC(C)C)n1)C[C@@H]3O[C@H]1C[C@H]2[C@H](O[C@@H]3[C@@H](OC)OCCN32)[C@H](C)O1. The van der Waals surface area contributed by atoms with E-state index in [1.165, 1.54) is 43.4 Å². The Hall–Kier alpha value is -6.91. The number of nitrogens with zero attached hydrogens (tertiary/aromatic N) is 4. The van der Waals surface area contributed by atoms with E-state index in [9.17, 15) is 58.9 Å². The second kappa shape index (κ2) is 28.1. The molecular formula is C62H78IN9O17. The number of methoxy groups -OCH3 is 2. The zero-order chi connectivity index (χ0) is 64.2. The lowest BCUT2D eigenvalue weighted by Gasteiger charge is -2.43. The lowest BCUT2D eigenvalue weighted by atomic mass is 9.72. The maximum atomic E-state index is 14.3. The second-order valence-electron chi connectivity index (χ2n) is 24.1. The number of morpholine rings is 1. The van der Waals surface area contributed by atoms with Gasteiger partial charge in [0.15, 0.2) is 24.6 Å². The number of aliphatic hydroxyl groups is 1. The largest absolute Gasteiger partial charge is 0.507 e. The van der Waals surface area contributed by atoms with Gasteiger partial charge in [-0.25, -0.2) is 4.98 Å². The van der Waals surface area contributed by atoms with Crippen molar-refractivity contribution in [1.29, 1.82) is 5.26 Å². The van der Waals surface area contributed by atoms with Crippen molar-refractivity contribution >= 4 is 69.6 Å².